The van der Waals surface area contributed by atoms with Gasteiger partial charge < -0.3 is 0 Å². The molecule has 8 rings (SSSR count). The zero-order valence-electron chi connectivity index (χ0n) is 30.3. The van der Waals surface area contributed by atoms with Crippen LogP contribution in [0.25, 0.3) is 45.0 Å². The van der Waals surface area contributed by atoms with Crippen LogP contribution in [0.15, 0.2) is 133 Å². The molecule has 0 bridgehead atoms. The minimum absolute atomic E-state index is 0.0124. The molecular weight excluding hydrogens is 755 g/mol. The van der Waals surface area contributed by atoms with E-state index in [1.54, 1.807) is 0 Å². The third-order valence-electron chi connectivity index (χ3n) is 10.9. The summed E-state index contributed by atoms with van der Waals surface area (Å²) < 4.78 is 1.19. The van der Waals surface area contributed by atoms with Crippen molar-refractivity contribution in [2.45, 2.75) is 56.0 Å². The fraction of sp³-hybridized carbons (Fsp3) is 0.191. The Morgan fingerprint density at radius 2 is 1.14 bits per heavy atom. The topological polar surface area (TPSA) is 0 Å². The average Bonchev–Trinajstić information content (AvgIpc) is 3.70. The second-order valence-electron chi connectivity index (χ2n) is 16.3. The number of hydrogen-bond acceptors (Lipinski definition) is 0. The van der Waals surface area contributed by atoms with Gasteiger partial charge in [0.25, 0.3) is 0 Å². The van der Waals surface area contributed by atoms with E-state index < -0.39 is 27.4 Å². The van der Waals surface area contributed by atoms with Crippen LogP contribution in [0, 0.1) is 0 Å². The Morgan fingerprint density at radius 1 is 0.549 bits per heavy atom. The van der Waals surface area contributed by atoms with E-state index in [0.717, 1.165) is 0 Å². The number of benzene rings is 6. The molecule has 0 spiro atoms. The van der Waals surface area contributed by atoms with Crippen LogP contribution in [0.2, 0.25) is 0 Å². The predicted octanol–water partition coefficient (Wildman–Crippen LogP) is 11.1. The van der Waals surface area contributed by atoms with Crippen LogP contribution in [0.4, 0.5) is 0 Å². The summed E-state index contributed by atoms with van der Waals surface area (Å²) in [6.07, 6.45) is 2.45. The van der Waals surface area contributed by atoms with Gasteiger partial charge in [-0.25, -0.2) is 0 Å². The molecule has 6 aromatic carbocycles. The molecule has 254 valence electrons. The summed E-state index contributed by atoms with van der Waals surface area (Å²) in [6.45, 7) is 13.9. The van der Waals surface area contributed by atoms with E-state index in [9.17, 15) is 0 Å². The summed E-state index contributed by atoms with van der Waals surface area (Å²) in [5.74, 6) is 0. The number of halogens is 2. The molecule has 1 atom stereocenters. The summed E-state index contributed by atoms with van der Waals surface area (Å²) >= 11 is -4.27. The molecule has 0 saturated heterocycles. The van der Waals surface area contributed by atoms with Crippen molar-refractivity contribution >= 4 is 51.8 Å². The van der Waals surface area contributed by atoms with Gasteiger partial charge in [-0.15, -0.1) is 0 Å². The number of allylic oxidation sites excluding steroid dienone is 1. The molecule has 1 aliphatic carbocycles. The molecule has 0 nitrogen and oxygen atoms in total. The molecule has 4 heteroatoms. The summed E-state index contributed by atoms with van der Waals surface area (Å²) in [6, 6.07) is 49.3. The molecule has 0 radical (unpaired) electrons. The van der Waals surface area contributed by atoms with Crippen molar-refractivity contribution in [2.75, 3.05) is 0 Å². The van der Waals surface area contributed by atoms with Crippen molar-refractivity contribution in [3.8, 4) is 33.4 Å². The van der Waals surface area contributed by atoms with E-state index in [-0.39, 0.29) is 14.5 Å². The standard InChI is InChI=1S/C35H35.C12H9Si.2ClH.Zr/c1-34(2,3)29-20-28(21-30(23-29)35(4,5)6)33-31(25-15-11-8-12-16-25)18-17-26-19-27(22-32(26)33)24-13-9-7-10-14-24;1-3-7-11-9(5-1)10-6-2-4-8-12(10)13-11;;;/h7-23H,1-6H3;1-7H,13H2;2*1H;/q;;;;+2/p-2. The summed E-state index contributed by atoms with van der Waals surface area (Å²) in [7, 11) is 15.6. The zero-order chi connectivity index (χ0) is 35.7. The molecule has 1 heterocycles. The molecule has 51 heavy (non-hydrogen) atoms. The van der Waals surface area contributed by atoms with Crippen molar-refractivity contribution in [1.29, 1.82) is 0 Å². The first-order valence-electron chi connectivity index (χ1n) is 18.1. The van der Waals surface area contributed by atoms with Crippen molar-refractivity contribution < 1.29 is 17.9 Å². The van der Waals surface area contributed by atoms with Gasteiger partial charge in [0.05, 0.1) is 0 Å². The van der Waals surface area contributed by atoms with E-state index in [4.69, 9.17) is 17.0 Å². The quantitative estimate of drug-likeness (QED) is 0.152. The first kappa shape index (κ1) is 34.8. The average molecular weight is 799 g/mol. The van der Waals surface area contributed by atoms with Gasteiger partial charge >= 0.3 is 320 Å². The molecule has 0 saturated carbocycles. The van der Waals surface area contributed by atoms with E-state index in [2.05, 4.69) is 181 Å². The first-order valence-corrected chi connectivity index (χ1v) is 28.5. The third kappa shape index (κ3) is 6.21. The molecule has 2 aliphatic rings. The summed E-state index contributed by atoms with van der Waals surface area (Å²) in [5, 5.41) is 2.94. The van der Waals surface area contributed by atoms with Gasteiger partial charge in [-0.05, 0) is 0 Å². The molecule has 0 amide bonds. The van der Waals surface area contributed by atoms with Gasteiger partial charge in [0.2, 0.25) is 0 Å². The van der Waals surface area contributed by atoms with Crippen LogP contribution in [-0.4, -0.2) is 9.52 Å². The first-order chi connectivity index (χ1) is 24.3. The van der Waals surface area contributed by atoms with Gasteiger partial charge in [0, 0.05) is 0 Å². The normalized spacial score (nSPS) is 15.8. The molecule has 1 aliphatic heterocycles. The van der Waals surface area contributed by atoms with Crippen LogP contribution < -0.4 is 13.6 Å². The van der Waals surface area contributed by atoms with Gasteiger partial charge in [0.1, 0.15) is 0 Å². The zero-order valence-corrected chi connectivity index (χ0v) is 35.7. The molecule has 0 N–H and O–H groups in total. The Hall–Kier alpha value is -3.26. The summed E-state index contributed by atoms with van der Waals surface area (Å²) in [4.78, 5) is 0. The summed E-state index contributed by atoms with van der Waals surface area (Å²) in [5.41, 5.74) is 15.3. The Morgan fingerprint density at radius 3 is 1.78 bits per heavy atom. The van der Waals surface area contributed by atoms with Crippen molar-refractivity contribution in [3.05, 3.63) is 161 Å². The predicted molar refractivity (Wildman–Crippen MR) is 223 cm³/mol. The number of rotatable bonds is 5. The molecule has 1 unspecified atom stereocenters. The van der Waals surface area contributed by atoms with Crippen molar-refractivity contribution in [3.63, 3.8) is 0 Å². The fourth-order valence-corrected chi connectivity index (χ4v) is 24.6. The van der Waals surface area contributed by atoms with E-state index in [1.807, 2.05) is 0 Å². The monoisotopic (exact) mass is 796 g/mol. The maximum atomic E-state index is 8.15. The van der Waals surface area contributed by atoms with Crippen LogP contribution >= 0.6 is 17.0 Å². The Bertz CT molecular complexity index is 2290. The van der Waals surface area contributed by atoms with E-state index >= 15 is 0 Å². The Balaban J connectivity index is 1.42. The van der Waals surface area contributed by atoms with Gasteiger partial charge in [-0.2, -0.15) is 0 Å². The van der Waals surface area contributed by atoms with Crippen molar-refractivity contribution in [2.24, 2.45) is 0 Å². The Kier molecular flexibility index (Phi) is 8.87. The van der Waals surface area contributed by atoms with Gasteiger partial charge in [-0.3, -0.25) is 0 Å². The molecule has 0 aromatic heterocycles. The van der Waals surface area contributed by atoms with Crippen LogP contribution in [0.5, 0.6) is 0 Å². The van der Waals surface area contributed by atoms with Crippen molar-refractivity contribution in [1.82, 2.24) is 0 Å². The van der Waals surface area contributed by atoms with Crippen LogP contribution in [0.3, 0.4) is 0 Å². The van der Waals surface area contributed by atoms with Crippen LogP contribution in [-0.2, 0) is 28.7 Å². The Labute approximate surface area is 317 Å². The SMILES string of the molecule is CC(C)(C)c1cc(-c2c(-c3ccccc3)ccc3c2C=C(c2ccccc2)[CH]3[Zr]([Cl])([Cl])[c]2cccc3c2[SiH2]c2ccccc2-3)cc(C(C)(C)C)c1. The third-order valence-corrected chi connectivity index (χ3v) is 25.1. The second kappa shape index (κ2) is 13.0. The number of hydrogen-bond donors (Lipinski definition) is 0. The van der Waals surface area contributed by atoms with Crippen LogP contribution in [0.1, 0.15) is 73.0 Å². The number of fused-ring (bicyclic) bond motifs is 4. The van der Waals surface area contributed by atoms with E-state index in [0.29, 0.717) is 0 Å². The van der Waals surface area contributed by atoms with Gasteiger partial charge in [-0.1, -0.05) is 0 Å². The van der Waals surface area contributed by atoms with Gasteiger partial charge in [0.15, 0.2) is 0 Å². The van der Waals surface area contributed by atoms with E-state index in [1.165, 1.54) is 80.4 Å². The minimum atomic E-state index is -4.27. The molecular formula is C47H44Cl2SiZr. The second-order valence-corrected chi connectivity index (χ2v) is 32.2. The molecule has 0 fully saturated rings. The fourth-order valence-electron chi connectivity index (χ4n) is 8.15. The maximum absolute atomic E-state index is 8.15. The molecule has 6 aromatic rings.